The number of hydrogen-bond donors (Lipinski definition) is 3. The highest BCUT2D eigenvalue weighted by molar-refractivity contribution is 6.02. The summed E-state index contributed by atoms with van der Waals surface area (Å²) in [5, 5.41) is 15.6. The van der Waals surface area contributed by atoms with Crippen molar-refractivity contribution in [3.05, 3.63) is 89.2 Å². The molecule has 0 saturated carbocycles. The van der Waals surface area contributed by atoms with Gasteiger partial charge in [0.15, 0.2) is 0 Å². The van der Waals surface area contributed by atoms with Crippen molar-refractivity contribution < 1.29 is 41.7 Å². The standard InChI is InChI=1S/C37H46F4N4O5/c1-24-20-45(25(2)23-46)35(47)32-19-31(43-36(48)42-30-14-12-29(38)13-15-30)16-17-33(32)50-26(3)7-5-6-18-49-34(24)22-44(4)21-27-8-10-28(11-9-27)37(39,40)41/h8-17,19,24-26,34,46H,5-7,18,20-23H2,1-4H3,(H2,42,43,48)/t24-,25+,26-,34-/m0/s1. The number of hydrogen-bond acceptors (Lipinski definition) is 6. The van der Waals surface area contributed by atoms with Gasteiger partial charge in [-0.25, -0.2) is 9.18 Å². The van der Waals surface area contributed by atoms with Gasteiger partial charge in [0, 0.05) is 43.5 Å². The summed E-state index contributed by atoms with van der Waals surface area (Å²) in [6, 6.07) is 14.0. The molecule has 3 amide bonds. The van der Waals surface area contributed by atoms with E-state index in [9.17, 15) is 32.3 Å². The average molecular weight is 703 g/mol. The topological polar surface area (TPSA) is 103 Å². The SMILES string of the molecule is C[C@H](CO)N1C[C@H](C)[C@H](CN(C)Cc2ccc(C(F)(F)F)cc2)OCCCC[C@H](C)Oc2ccc(NC(=O)Nc3ccc(F)cc3)cc2C1=O. The van der Waals surface area contributed by atoms with Gasteiger partial charge in [-0.05, 0) is 100 Å². The number of amides is 3. The molecular formula is C37H46F4N4O5. The van der Waals surface area contributed by atoms with Crippen LogP contribution >= 0.6 is 0 Å². The van der Waals surface area contributed by atoms with Gasteiger partial charge in [0.05, 0.1) is 36.0 Å². The second kappa shape index (κ2) is 17.6. The Hall–Kier alpha value is -4.20. The van der Waals surface area contributed by atoms with Crippen molar-refractivity contribution in [2.24, 2.45) is 5.92 Å². The minimum Gasteiger partial charge on any atom is -0.490 e. The Kier molecular flexibility index (Phi) is 13.6. The molecule has 0 aromatic heterocycles. The van der Waals surface area contributed by atoms with Crippen LogP contribution in [0.15, 0.2) is 66.7 Å². The summed E-state index contributed by atoms with van der Waals surface area (Å²) in [6.07, 6.45) is -2.70. The van der Waals surface area contributed by atoms with Crippen LogP contribution in [0.5, 0.6) is 5.75 Å². The van der Waals surface area contributed by atoms with Crippen molar-refractivity contribution in [3.8, 4) is 5.75 Å². The van der Waals surface area contributed by atoms with Crippen LogP contribution in [-0.2, 0) is 17.5 Å². The summed E-state index contributed by atoms with van der Waals surface area (Å²) in [5.74, 6) is -0.709. The van der Waals surface area contributed by atoms with E-state index in [2.05, 4.69) is 10.6 Å². The normalized spacial score (nSPS) is 20.0. The Bertz CT molecular complexity index is 1550. The van der Waals surface area contributed by atoms with Gasteiger partial charge >= 0.3 is 12.2 Å². The zero-order chi connectivity index (χ0) is 36.4. The Balaban J connectivity index is 1.56. The van der Waals surface area contributed by atoms with E-state index in [0.717, 1.165) is 30.5 Å². The first-order valence-corrected chi connectivity index (χ1v) is 16.8. The van der Waals surface area contributed by atoms with Gasteiger partial charge < -0.3 is 30.1 Å². The van der Waals surface area contributed by atoms with E-state index in [4.69, 9.17) is 9.47 Å². The van der Waals surface area contributed by atoms with Crippen molar-refractivity contribution in [2.45, 2.75) is 71.0 Å². The fourth-order valence-corrected chi connectivity index (χ4v) is 5.77. The highest BCUT2D eigenvalue weighted by Gasteiger charge is 2.32. The van der Waals surface area contributed by atoms with Crippen LogP contribution < -0.4 is 15.4 Å². The molecule has 3 N–H and O–H groups in total. The molecule has 13 heteroatoms. The van der Waals surface area contributed by atoms with Gasteiger partial charge in [0.25, 0.3) is 5.91 Å². The highest BCUT2D eigenvalue weighted by Crippen LogP contribution is 2.30. The number of likely N-dealkylation sites (N-methyl/N-ethyl adjacent to an activating group) is 1. The van der Waals surface area contributed by atoms with Crippen molar-refractivity contribution in [1.82, 2.24) is 9.80 Å². The summed E-state index contributed by atoms with van der Waals surface area (Å²) in [4.78, 5) is 30.6. The van der Waals surface area contributed by atoms with Gasteiger partial charge in [-0.3, -0.25) is 9.69 Å². The van der Waals surface area contributed by atoms with Gasteiger partial charge in [-0.2, -0.15) is 13.2 Å². The van der Waals surface area contributed by atoms with Crippen LogP contribution in [0.3, 0.4) is 0 Å². The summed E-state index contributed by atoms with van der Waals surface area (Å²) < 4.78 is 65.1. The molecule has 272 valence electrons. The lowest BCUT2D eigenvalue weighted by Gasteiger charge is -2.36. The summed E-state index contributed by atoms with van der Waals surface area (Å²) in [7, 11) is 1.87. The summed E-state index contributed by atoms with van der Waals surface area (Å²) in [6.45, 7) is 6.85. The molecule has 3 aromatic rings. The molecule has 50 heavy (non-hydrogen) atoms. The zero-order valence-electron chi connectivity index (χ0n) is 28.8. The van der Waals surface area contributed by atoms with Crippen molar-refractivity contribution >= 4 is 23.3 Å². The van der Waals surface area contributed by atoms with E-state index in [1.807, 2.05) is 25.8 Å². The summed E-state index contributed by atoms with van der Waals surface area (Å²) in [5.41, 5.74) is 0.935. The minimum atomic E-state index is -4.41. The number of benzene rings is 3. The second-order valence-corrected chi connectivity index (χ2v) is 13.0. The number of fused-ring (bicyclic) bond motifs is 1. The van der Waals surface area contributed by atoms with Crippen LogP contribution in [0, 0.1) is 11.7 Å². The van der Waals surface area contributed by atoms with E-state index >= 15 is 0 Å². The maximum absolute atomic E-state index is 14.3. The number of urea groups is 1. The number of nitrogens with one attached hydrogen (secondary N) is 2. The molecule has 0 saturated heterocycles. The van der Waals surface area contributed by atoms with Gasteiger partial charge in [-0.15, -0.1) is 0 Å². The molecule has 0 radical (unpaired) electrons. The maximum Gasteiger partial charge on any atom is 0.416 e. The summed E-state index contributed by atoms with van der Waals surface area (Å²) >= 11 is 0. The maximum atomic E-state index is 14.3. The first kappa shape index (κ1) is 38.6. The molecule has 0 unspecified atom stereocenters. The van der Waals surface area contributed by atoms with Crippen molar-refractivity contribution in [2.75, 3.05) is 44.0 Å². The van der Waals surface area contributed by atoms with E-state index in [1.165, 1.54) is 42.5 Å². The molecule has 4 atom stereocenters. The Morgan fingerprint density at radius 1 is 1.02 bits per heavy atom. The molecular weight excluding hydrogens is 656 g/mol. The van der Waals surface area contributed by atoms with Gasteiger partial charge in [0.2, 0.25) is 0 Å². The molecule has 4 rings (SSSR count). The van der Waals surface area contributed by atoms with Gasteiger partial charge in [-0.1, -0.05) is 19.1 Å². The number of ether oxygens (including phenoxy) is 2. The first-order chi connectivity index (χ1) is 23.7. The number of alkyl halides is 3. The van der Waals surface area contributed by atoms with E-state index in [1.54, 1.807) is 24.0 Å². The van der Waals surface area contributed by atoms with Gasteiger partial charge in [0.1, 0.15) is 11.6 Å². The van der Waals surface area contributed by atoms with Crippen LogP contribution in [0.25, 0.3) is 0 Å². The molecule has 0 spiro atoms. The zero-order valence-corrected chi connectivity index (χ0v) is 28.8. The van der Waals surface area contributed by atoms with Crippen LogP contribution in [-0.4, -0.2) is 78.4 Å². The average Bonchev–Trinajstić information content (AvgIpc) is 3.07. The third-order valence-electron chi connectivity index (χ3n) is 8.64. The van der Waals surface area contributed by atoms with E-state index in [-0.39, 0.29) is 36.8 Å². The number of carbonyl (C=O) groups is 2. The molecule has 9 nitrogen and oxygen atoms in total. The lowest BCUT2D eigenvalue weighted by molar-refractivity contribution is -0.137. The number of rotatable bonds is 8. The Morgan fingerprint density at radius 3 is 2.34 bits per heavy atom. The van der Waals surface area contributed by atoms with Crippen molar-refractivity contribution in [3.63, 3.8) is 0 Å². The predicted octanol–water partition coefficient (Wildman–Crippen LogP) is 7.42. The number of aliphatic hydroxyl groups is 1. The number of carbonyl (C=O) groups excluding carboxylic acids is 2. The number of anilines is 2. The number of nitrogens with zero attached hydrogens (tertiary/aromatic N) is 2. The largest absolute Gasteiger partial charge is 0.490 e. The monoisotopic (exact) mass is 702 g/mol. The molecule has 0 fully saturated rings. The predicted molar refractivity (Wildman–Crippen MR) is 184 cm³/mol. The molecule has 3 aromatic carbocycles. The van der Waals surface area contributed by atoms with E-state index in [0.29, 0.717) is 43.2 Å². The molecule has 0 aliphatic carbocycles. The third kappa shape index (κ3) is 11.2. The minimum absolute atomic E-state index is 0.206. The lowest BCUT2D eigenvalue weighted by atomic mass is 10.0. The fourth-order valence-electron chi connectivity index (χ4n) is 5.77. The quantitative estimate of drug-likeness (QED) is 0.211. The number of halogens is 4. The molecule has 1 aliphatic rings. The smallest absolute Gasteiger partial charge is 0.416 e. The lowest BCUT2D eigenvalue weighted by Crippen LogP contribution is -2.47. The van der Waals surface area contributed by atoms with Crippen molar-refractivity contribution in [1.29, 1.82) is 0 Å². The Morgan fingerprint density at radius 2 is 1.68 bits per heavy atom. The van der Waals surface area contributed by atoms with Crippen LogP contribution in [0.2, 0.25) is 0 Å². The third-order valence-corrected chi connectivity index (χ3v) is 8.64. The highest BCUT2D eigenvalue weighted by atomic mass is 19.4. The molecule has 0 bridgehead atoms. The number of aliphatic hydroxyl groups excluding tert-OH is 1. The van der Waals surface area contributed by atoms with Crippen LogP contribution in [0.1, 0.15) is 61.5 Å². The van der Waals surface area contributed by atoms with Crippen LogP contribution in [0.4, 0.5) is 33.7 Å². The van der Waals surface area contributed by atoms with E-state index < -0.39 is 35.5 Å². The first-order valence-electron chi connectivity index (χ1n) is 16.8. The Labute approximate surface area is 290 Å². The molecule has 1 heterocycles. The molecule has 1 aliphatic heterocycles. The second-order valence-electron chi connectivity index (χ2n) is 13.0. The fraction of sp³-hybridized carbons (Fsp3) is 0.459.